The lowest BCUT2D eigenvalue weighted by Crippen LogP contribution is -2.51. The predicted octanol–water partition coefficient (Wildman–Crippen LogP) is 1.81. The SMILES string of the molecule is CC1(NC(=O)c2ccc(F)cc2C#CCN)CCC1. The van der Waals surface area contributed by atoms with E-state index in [-0.39, 0.29) is 18.0 Å². The molecule has 0 radical (unpaired) electrons. The van der Waals surface area contributed by atoms with Gasteiger partial charge in [-0.2, -0.15) is 0 Å². The molecule has 0 heterocycles. The molecule has 1 aliphatic carbocycles. The Balaban J connectivity index is 2.25. The predicted molar refractivity (Wildman–Crippen MR) is 72.1 cm³/mol. The van der Waals surface area contributed by atoms with Gasteiger partial charge in [-0.05, 0) is 44.4 Å². The molecule has 0 atom stereocenters. The maximum Gasteiger partial charge on any atom is 0.252 e. The minimum absolute atomic E-state index is 0.135. The van der Waals surface area contributed by atoms with Crippen LogP contribution in [0.5, 0.6) is 0 Å². The van der Waals surface area contributed by atoms with Crippen molar-refractivity contribution < 1.29 is 9.18 Å². The van der Waals surface area contributed by atoms with Crippen LogP contribution in [0.4, 0.5) is 4.39 Å². The molecular weight excluding hydrogens is 243 g/mol. The number of rotatable bonds is 2. The molecular formula is C15H17FN2O. The minimum atomic E-state index is -0.410. The Hall–Kier alpha value is -1.86. The van der Waals surface area contributed by atoms with Crippen LogP contribution >= 0.6 is 0 Å². The fraction of sp³-hybridized carbons (Fsp3) is 0.400. The van der Waals surface area contributed by atoms with E-state index in [1.807, 2.05) is 6.92 Å². The molecule has 100 valence electrons. The van der Waals surface area contributed by atoms with Crippen molar-refractivity contribution in [1.82, 2.24) is 5.32 Å². The maximum atomic E-state index is 13.2. The van der Waals surface area contributed by atoms with E-state index in [4.69, 9.17) is 5.73 Å². The second-order valence-electron chi connectivity index (χ2n) is 5.06. The van der Waals surface area contributed by atoms with Crippen LogP contribution in [-0.4, -0.2) is 18.0 Å². The van der Waals surface area contributed by atoms with Crippen molar-refractivity contribution in [1.29, 1.82) is 0 Å². The normalized spacial score (nSPS) is 15.9. The van der Waals surface area contributed by atoms with Gasteiger partial charge in [0.1, 0.15) is 5.82 Å². The summed E-state index contributed by atoms with van der Waals surface area (Å²) in [6.45, 7) is 2.19. The molecule has 3 nitrogen and oxygen atoms in total. The monoisotopic (exact) mass is 260 g/mol. The van der Waals surface area contributed by atoms with Gasteiger partial charge in [-0.1, -0.05) is 11.8 Å². The third-order valence-electron chi connectivity index (χ3n) is 3.42. The van der Waals surface area contributed by atoms with Crippen molar-refractivity contribution in [2.24, 2.45) is 5.73 Å². The average molecular weight is 260 g/mol. The van der Waals surface area contributed by atoms with Gasteiger partial charge in [-0.15, -0.1) is 0 Å². The Labute approximate surface area is 112 Å². The number of nitrogens with two attached hydrogens (primary N) is 1. The van der Waals surface area contributed by atoms with Gasteiger partial charge in [0.2, 0.25) is 0 Å². The number of hydrogen-bond acceptors (Lipinski definition) is 2. The van der Waals surface area contributed by atoms with Crippen molar-refractivity contribution in [2.75, 3.05) is 6.54 Å². The first kappa shape index (κ1) is 13.6. The molecule has 1 amide bonds. The first-order chi connectivity index (χ1) is 9.04. The summed E-state index contributed by atoms with van der Waals surface area (Å²) >= 11 is 0. The summed E-state index contributed by atoms with van der Waals surface area (Å²) in [6.07, 6.45) is 3.08. The number of benzene rings is 1. The zero-order chi connectivity index (χ0) is 13.9. The van der Waals surface area contributed by atoms with E-state index in [1.54, 1.807) is 0 Å². The van der Waals surface area contributed by atoms with Gasteiger partial charge in [-0.3, -0.25) is 4.79 Å². The Morgan fingerprint density at radius 2 is 2.26 bits per heavy atom. The quantitative estimate of drug-likeness (QED) is 0.797. The smallest absolute Gasteiger partial charge is 0.252 e. The average Bonchev–Trinajstić information content (AvgIpc) is 2.34. The van der Waals surface area contributed by atoms with Crippen molar-refractivity contribution in [2.45, 2.75) is 31.7 Å². The van der Waals surface area contributed by atoms with Crippen molar-refractivity contribution in [3.05, 3.63) is 35.1 Å². The molecule has 19 heavy (non-hydrogen) atoms. The topological polar surface area (TPSA) is 55.1 Å². The Kier molecular flexibility index (Phi) is 3.87. The van der Waals surface area contributed by atoms with Crippen molar-refractivity contribution >= 4 is 5.91 Å². The third kappa shape index (κ3) is 3.12. The van der Waals surface area contributed by atoms with Crippen LogP contribution in [0.1, 0.15) is 42.1 Å². The molecule has 2 rings (SSSR count). The summed E-state index contributed by atoms with van der Waals surface area (Å²) in [7, 11) is 0. The fourth-order valence-electron chi connectivity index (χ4n) is 2.14. The highest BCUT2D eigenvalue weighted by atomic mass is 19.1. The Morgan fingerprint density at radius 1 is 1.53 bits per heavy atom. The van der Waals surface area contributed by atoms with Gasteiger partial charge < -0.3 is 11.1 Å². The Bertz CT molecular complexity index is 553. The summed E-state index contributed by atoms with van der Waals surface area (Å²) in [5, 5.41) is 2.98. The molecule has 1 fully saturated rings. The molecule has 0 bridgehead atoms. The fourth-order valence-corrected chi connectivity index (χ4v) is 2.14. The number of nitrogens with one attached hydrogen (secondary N) is 1. The van der Waals surface area contributed by atoms with Crippen LogP contribution in [0.25, 0.3) is 0 Å². The van der Waals surface area contributed by atoms with Crippen LogP contribution in [0, 0.1) is 17.7 Å². The van der Waals surface area contributed by atoms with E-state index in [9.17, 15) is 9.18 Å². The lowest BCUT2D eigenvalue weighted by Gasteiger charge is -2.39. The van der Waals surface area contributed by atoms with Crippen LogP contribution in [-0.2, 0) is 0 Å². The first-order valence-electron chi connectivity index (χ1n) is 6.35. The molecule has 1 aliphatic rings. The lowest BCUT2D eigenvalue weighted by molar-refractivity contribution is 0.0850. The molecule has 0 aliphatic heterocycles. The zero-order valence-electron chi connectivity index (χ0n) is 10.9. The summed E-state index contributed by atoms with van der Waals surface area (Å²) in [5.41, 5.74) is 5.95. The van der Waals surface area contributed by atoms with E-state index in [1.165, 1.54) is 18.2 Å². The minimum Gasteiger partial charge on any atom is -0.347 e. The third-order valence-corrected chi connectivity index (χ3v) is 3.42. The largest absolute Gasteiger partial charge is 0.347 e. The first-order valence-corrected chi connectivity index (χ1v) is 6.35. The number of carbonyl (C=O) groups excluding carboxylic acids is 1. The van der Waals surface area contributed by atoms with E-state index in [2.05, 4.69) is 17.2 Å². The molecule has 0 spiro atoms. The van der Waals surface area contributed by atoms with E-state index < -0.39 is 5.82 Å². The van der Waals surface area contributed by atoms with Crippen LogP contribution in [0.3, 0.4) is 0 Å². The highest BCUT2D eigenvalue weighted by molar-refractivity contribution is 5.97. The maximum absolute atomic E-state index is 13.2. The van der Waals surface area contributed by atoms with Gasteiger partial charge in [0, 0.05) is 11.1 Å². The van der Waals surface area contributed by atoms with Crippen molar-refractivity contribution in [3.63, 3.8) is 0 Å². The van der Waals surface area contributed by atoms with Gasteiger partial charge in [-0.25, -0.2) is 4.39 Å². The highest BCUT2D eigenvalue weighted by Crippen LogP contribution is 2.31. The zero-order valence-corrected chi connectivity index (χ0v) is 10.9. The standard InChI is InChI=1S/C15H17FN2O/c1-15(7-3-8-15)18-14(19)13-6-5-12(16)10-11(13)4-2-9-17/h5-6,10H,3,7-9,17H2,1H3,(H,18,19). The summed E-state index contributed by atoms with van der Waals surface area (Å²) < 4.78 is 13.2. The number of hydrogen-bond donors (Lipinski definition) is 2. The van der Waals surface area contributed by atoms with Crippen LogP contribution < -0.4 is 11.1 Å². The molecule has 1 aromatic carbocycles. The molecule has 1 saturated carbocycles. The molecule has 0 aromatic heterocycles. The summed E-state index contributed by atoms with van der Waals surface area (Å²) in [6, 6.07) is 4.00. The summed E-state index contributed by atoms with van der Waals surface area (Å²) in [5.74, 6) is 4.77. The van der Waals surface area contributed by atoms with Gasteiger partial charge in [0.15, 0.2) is 0 Å². The summed E-state index contributed by atoms with van der Waals surface area (Å²) in [4.78, 5) is 12.2. The van der Waals surface area contributed by atoms with Crippen molar-refractivity contribution in [3.8, 4) is 11.8 Å². The highest BCUT2D eigenvalue weighted by Gasteiger charge is 2.33. The van der Waals surface area contributed by atoms with E-state index in [0.29, 0.717) is 11.1 Å². The number of amides is 1. The Morgan fingerprint density at radius 3 is 2.84 bits per heavy atom. The second kappa shape index (κ2) is 5.41. The molecule has 0 unspecified atom stereocenters. The number of carbonyl (C=O) groups is 1. The molecule has 1 aromatic rings. The second-order valence-corrected chi connectivity index (χ2v) is 5.06. The lowest BCUT2D eigenvalue weighted by atomic mass is 9.78. The molecule has 3 N–H and O–H groups in total. The van der Waals surface area contributed by atoms with E-state index >= 15 is 0 Å². The van der Waals surface area contributed by atoms with Crippen LogP contribution in [0.15, 0.2) is 18.2 Å². The molecule has 0 saturated heterocycles. The van der Waals surface area contributed by atoms with Crippen LogP contribution in [0.2, 0.25) is 0 Å². The van der Waals surface area contributed by atoms with Gasteiger partial charge >= 0.3 is 0 Å². The van der Waals surface area contributed by atoms with E-state index in [0.717, 1.165) is 19.3 Å². The van der Waals surface area contributed by atoms with Gasteiger partial charge in [0.25, 0.3) is 5.91 Å². The molecule has 4 heteroatoms. The number of halogens is 1. The van der Waals surface area contributed by atoms with Gasteiger partial charge in [0.05, 0.1) is 12.1 Å².